The third-order valence-corrected chi connectivity index (χ3v) is 1.92. The predicted octanol–water partition coefficient (Wildman–Crippen LogP) is -0.0369. The Bertz CT molecular complexity index is 516. The van der Waals surface area contributed by atoms with Gasteiger partial charge in [-0.2, -0.15) is 5.26 Å². The van der Waals surface area contributed by atoms with Gasteiger partial charge in [0.25, 0.3) is 0 Å². The van der Waals surface area contributed by atoms with Crippen LogP contribution in [0.4, 0.5) is 5.69 Å². The Kier molecular flexibility index (Phi) is 4.40. The first-order chi connectivity index (χ1) is 8.54. The summed E-state index contributed by atoms with van der Waals surface area (Å²) in [6, 6.07) is 6.97. The van der Waals surface area contributed by atoms with Gasteiger partial charge < -0.3 is 15.7 Å². The second kappa shape index (κ2) is 6.00. The maximum atomic E-state index is 11.3. The van der Waals surface area contributed by atoms with Crippen molar-refractivity contribution in [1.29, 1.82) is 5.26 Å². The third kappa shape index (κ3) is 3.61. The van der Waals surface area contributed by atoms with Crippen LogP contribution in [0.3, 0.4) is 0 Å². The maximum Gasteiger partial charge on any atom is 0.335 e. The fourth-order valence-electron chi connectivity index (χ4n) is 1.08. The molecule has 0 saturated heterocycles. The lowest BCUT2D eigenvalue weighted by atomic mass is 10.2. The first kappa shape index (κ1) is 13.2. The van der Waals surface area contributed by atoms with Gasteiger partial charge in [-0.3, -0.25) is 9.59 Å². The summed E-state index contributed by atoms with van der Waals surface area (Å²) in [6.07, 6.45) is 0. The number of benzene rings is 1. The molecule has 1 aromatic rings. The van der Waals surface area contributed by atoms with Crippen LogP contribution in [0.2, 0.25) is 0 Å². The molecule has 0 spiro atoms. The fourth-order valence-corrected chi connectivity index (χ4v) is 1.08. The van der Waals surface area contributed by atoms with Crippen molar-refractivity contribution >= 4 is 23.5 Å². The molecule has 0 saturated carbocycles. The summed E-state index contributed by atoms with van der Waals surface area (Å²) < 4.78 is 0. The van der Waals surface area contributed by atoms with E-state index in [1.807, 2.05) is 0 Å². The molecule has 0 radical (unpaired) electrons. The zero-order valence-electron chi connectivity index (χ0n) is 9.14. The molecule has 92 valence electrons. The largest absolute Gasteiger partial charge is 0.478 e. The lowest BCUT2D eigenvalue weighted by Crippen LogP contribution is -2.35. The minimum Gasteiger partial charge on any atom is -0.478 e. The molecule has 0 aromatic heterocycles. The van der Waals surface area contributed by atoms with E-state index in [0.717, 1.165) is 0 Å². The summed E-state index contributed by atoms with van der Waals surface area (Å²) in [4.78, 5) is 33.0. The third-order valence-electron chi connectivity index (χ3n) is 1.92. The number of hydrogen-bond donors (Lipinski definition) is 3. The van der Waals surface area contributed by atoms with E-state index < -0.39 is 17.8 Å². The summed E-state index contributed by atoms with van der Waals surface area (Å²) >= 11 is 0. The van der Waals surface area contributed by atoms with E-state index >= 15 is 0 Å². The van der Waals surface area contributed by atoms with E-state index in [1.165, 1.54) is 24.3 Å². The highest BCUT2D eigenvalue weighted by molar-refractivity contribution is 6.39. The molecule has 0 unspecified atom stereocenters. The van der Waals surface area contributed by atoms with Crippen molar-refractivity contribution in [1.82, 2.24) is 5.32 Å². The van der Waals surface area contributed by atoms with Gasteiger partial charge in [-0.15, -0.1) is 0 Å². The van der Waals surface area contributed by atoms with Gasteiger partial charge in [-0.05, 0) is 24.3 Å². The van der Waals surface area contributed by atoms with Gasteiger partial charge >= 0.3 is 17.8 Å². The number of carbonyl (C=O) groups is 3. The van der Waals surface area contributed by atoms with Crippen molar-refractivity contribution in [3.05, 3.63) is 29.8 Å². The summed E-state index contributed by atoms with van der Waals surface area (Å²) in [5.74, 6) is -2.94. The van der Waals surface area contributed by atoms with Crippen LogP contribution in [0.25, 0.3) is 0 Å². The normalized spacial score (nSPS) is 9.06. The van der Waals surface area contributed by atoms with Gasteiger partial charge in [0.2, 0.25) is 0 Å². The molecule has 0 heterocycles. The van der Waals surface area contributed by atoms with Gasteiger partial charge in [0.05, 0.1) is 11.6 Å². The Morgan fingerprint density at radius 1 is 1.17 bits per heavy atom. The van der Waals surface area contributed by atoms with Crippen LogP contribution < -0.4 is 10.6 Å². The van der Waals surface area contributed by atoms with E-state index in [9.17, 15) is 14.4 Å². The van der Waals surface area contributed by atoms with Gasteiger partial charge in [0.1, 0.15) is 6.54 Å². The minimum absolute atomic E-state index is 0.0712. The molecule has 0 atom stereocenters. The Morgan fingerprint density at radius 2 is 1.78 bits per heavy atom. The number of nitrogens with one attached hydrogen (secondary N) is 2. The van der Waals surface area contributed by atoms with Crippen LogP contribution in [-0.4, -0.2) is 29.4 Å². The van der Waals surface area contributed by atoms with E-state index in [4.69, 9.17) is 10.4 Å². The summed E-state index contributed by atoms with van der Waals surface area (Å²) in [5, 5.41) is 21.2. The van der Waals surface area contributed by atoms with E-state index in [0.29, 0.717) is 0 Å². The smallest absolute Gasteiger partial charge is 0.335 e. The first-order valence-corrected chi connectivity index (χ1v) is 4.84. The zero-order valence-corrected chi connectivity index (χ0v) is 9.14. The lowest BCUT2D eigenvalue weighted by Gasteiger charge is -2.04. The monoisotopic (exact) mass is 247 g/mol. The standard InChI is InChI=1S/C11H9N3O4/c12-5-6-13-9(15)10(16)14-8-3-1-7(2-4-8)11(17)18/h1-4H,6H2,(H,13,15)(H,14,16)(H,17,18). The Hall–Kier alpha value is -2.88. The van der Waals surface area contributed by atoms with Crippen LogP contribution in [-0.2, 0) is 9.59 Å². The molecule has 7 nitrogen and oxygen atoms in total. The predicted molar refractivity (Wildman–Crippen MR) is 60.7 cm³/mol. The number of aromatic carboxylic acids is 1. The number of rotatable bonds is 3. The number of carbonyl (C=O) groups excluding carboxylic acids is 2. The summed E-state index contributed by atoms with van der Waals surface area (Å²) in [7, 11) is 0. The van der Waals surface area contributed by atoms with E-state index in [1.54, 1.807) is 6.07 Å². The van der Waals surface area contributed by atoms with Crippen molar-refractivity contribution in [2.24, 2.45) is 0 Å². The molecule has 3 N–H and O–H groups in total. The number of nitrogens with zero attached hydrogens (tertiary/aromatic N) is 1. The van der Waals surface area contributed by atoms with Crippen LogP contribution in [0.15, 0.2) is 24.3 Å². The van der Waals surface area contributed by atoms with Gasteiger partial charge in [0, 0.05) is 5.69 Å². The molecule has 0 aliphatic rings. The van der Waals surface area contributed by atoms with Crippen molar-refractivity contribution in [2.45, 2.75) is 0 Å². The van der Waals surface area contributed by atoms with Crippen molar-refractivity contribution in [3.8, 4) is 6.07 Å². The Labute approximate surface area is 102 Å². The average Bonchev–Trinajstić information content (AvgIpc) is 2.36. The molecule has 1 rings (SSSR count). The number of hydrogen-bond acceptors (Lipinski definition) is 4. The molecule has 0 aliphatic carbocycles. The van der Waals surface area contributed by atoms with Crippen molar-refractivity contribution in [2.75, 3.05) is 11.9 Å². The van der Waals surface area contributed by atoms with Crippen molar-refractivity contribution in [3.63, 3.8) is 0 Å². The number of anilines is 1. The topological polar surface area (TPSA) is 119 Å². The maximum absolute atomic E-state index is 11.3. The average molecular weight is 247 g/mol. The lowest BCUT2D eigenvalue weighted by molar-refractivity contribution is -0.136. The Balaban J connectivity index is 2.62. The summed E-state index contributed by atoms with van der Waals surface area (Å²) in [6.45, 7) is -0.260. The van der Waals surface area contributed by atoms with Crippen LogP contribution in [0, 0.1) is 11.3 Å². The highest BCUT2D eigenvalue weighted by atomic mass is 16.4. The Morgan fingerprint density at radius 3 is 2.28 bits per heavy atom. The quantitative estimate of drug-likeness (QED) is 0.511. The van der Waals surface area contributed by atoms with Crippen LogP contribution in [0.5, 0.6) is 0 Å². The number of carboxylic acid groups (broad SMARTS) is 1. The van der Waals surface area contributed by atoms with E-state index in [2.05, 4.69) is 10.6 Å². The van der Waals surface area contributed by atoms with Crippen molar-refractivity contribution < 1.29 is 19.5 Å². The first-order valence-electron chi connectivity index (χ1n) is 4.84. The van der Waals surface area contributed by atoms with Crippen LogP contribution >= 0.6 is 0 Å². The molecule has 18 heavy (non-hydrogen) atoms. The minimum atomic E-state index is -1.08. The zero-order chi connectivity index (χ0) is 13.5. The molecule has 1 aromatic carbocycles. The second-order valence-corrected chi connectivity index (χ2v) is 3.18. The van der Waals surface area contributed by atoms with Gasteiger partial charge in [-0.25, -0.2) is 4.79 Å². The molecule has 0 fully saturated rings. The number of carboxylic acids is 1. The second-order valence-electron chi connectivity index (χ2n) is 3.18. The molecular weight excluding hydrogens is 238 g/mol. The highest BCUT2D eigenvalue weighted by Crippen LogP contribution is 2.09. The molecule has 7 heteroatoms. The summed E-state index contributed by atoms with van der Waals surface area (Å²) in [5.41, 5.74) is 0.360. The molecular formula is C11H9N3O4. The fraction of sp³-hybridized carbons (Fsp3) is 0.0909. The van der Waals surface area contributed by atoms with Gasteiger partial charge in [0.15, 0.2) is 0 Å². The molecule has 0 aliphatic heterocycles. The number of nitriles is 1. The van der Waals surface area contributed by atoms with Crippen LogP contribution in [0.1, 0.15) is 10.4 Å². The molecule has 2 amide bonds. The molecule has 0 bridgehead atoms. The number of amides is 2. The van der Waals surface area contributed by atoms with Gasteiger partial charge in [-0.1, -0.05) is 0 Å². The SMILES string of the molecule is N#CCNC(=O)C(=O)Nc1ccc(C(=O)O)cc1. The highest BCUT2D eigenvalue weighted by Gasteiger charge is 2.12. The van der Waals surface area contributed by atoms with E-state index in [-0.39, 0.29) is 17.8 Å².